The molecule has 1 fully saturated rings. The minimum Gasteiger partial charge on any atom is -0.437 e. The lowest BCUT2D eigenvalue weighted by Crippen LogP contribution is -2.42. The summed E-state index contributed by atoms with van der Waals surface area (Å²) in [6.07, 6.45) is -2.86. The fourth-order valence-corrected chi connectivity index (χ4v) is 2.56. The van der Waals surface area contributed by atoms with Gasteiger partial charge < -0.3 is 19.5 Å². The van der Waals surface area contributed by atoms with Crippen LogP contribution >= 0.6 is 11.6 Å². The summed E-state index contributed by atoms with van der Waals surface area (Å²) >= 11 is 5.83. The van der Waals surface area contributed by atoms with Crippen molar-refractivity contribution < 1.29 is 37.0 Å². The Bertz CT molecular complexity index is 1020. The third kappa shape index (κ3) is 5.01. The van der Waals surface area contributed by atoms with E-state index >= 15 is 0 Å². The molecule has 0 saturated carbocycles. The van der Waals surface area contributed by atoms with Crippen molar-refractivity contribution in [3.8, 4) is 11.6 Å². The molecule has 0 atom stereocenters. The zero-order valence-electron chi connectivity index (χ0n) is 15.5. The monoisotopic (exact) mass is 442 g/mol. The van der Waals surface area contributed by atoms with E-state index in [1.165, 1.54) is 26.0 Å². The van der Waals surface area contributed by atoms with Crippen LogP contribution in [0.25, 0.3) is 0 Å². The highest BCUT2D eigenvalue weighted by Crippen LogP contribution is 2.35. The van der Waals surface area contributed by atoms with Gasteiger partial charge in [0.1, 0.15) is 10.8 Å². The Morgan fingerprint density at radius 3 is 2.43 bits per heavy atom. The number of nitrogens with zero attached hydrogens (tertiary/aromatic N) is 1. The molecule has 0 aliphatic carbocycles. The second kappa shape index (κ2) is 7.86. The molecule has 2 heterocycles. The van der Waals surface area contributed by atoms with E-state index in [9.17, 15) is 22.8 Å². The van der Waals surface area contributed by atoms with Crippen LogP contribution < -0.4 is 10.1 Å². The number of carbonyl (C=O) groups is 2. The predicted octanol–water partition coefficient (Wildman–Crippen LogP) is 4.68. The molecule has 3 rings (SSSR count). The maximum Gasteiger partial charge on any atom is 0.417 e. The van der Waals surface area contributed by atoms with Gasteiger partial charge in [-0.1, -0.05) is 17.7 Å². The van der Waals surface area contributed by atoms with Crippen molar-refractivity contribution in [1.29, 1.82) is 0 Å². The third-order valence-electron chi connectivity index (χ3n) is 3.68. The Hall–Kier alpha value is -3.27. The van der Waals surface area contributed by atoms with Gasteiger partial charge in [0.15, 0.2) is 5.57 Å². The van der Waals surface area contributed by atoms with Crippen molar-refractivity contribution in [2.75, 3.05) is 5.32 Å². The van der Waals surface area contributed by atoms with Crippen LogP contribution in [0.5, 0.6) is 11.6 Å². The number of aromatic nitrogens is 1. The second-order valence-corrected chi connectivity index (χ2v) is 6.93. The molecule has 7 nitrogen and oxygen atoms in total. The number of cyclic esters (lactones) is 2. The Balaban J connectivity index is 1.74. The van der Waals surface area contributed by atoms with E-state index in [1.807, 2.05) is 0 Å². The second-order valence-electron chi connectivity index (χ2n) is 6.52. The number of benzene rings is 1. The van der Waals surface area contributed by atoms with Gasteiger partial charge in [-0.15, -0.1) is 0 Å². The molecule has 0 amide bonds. The van der Waals surface area contributed by atoms with Gasteiger partial charge in [0.2, 0.25) is 5.88 Å². The summed E-state index contributed by atoms with van der Waals surface area (Å²) in [7, 11) is 0. The number of alkyl halides is 3. The van der Waals surface area contributed by atoms with E-state index in [-0.39, 0.29) is 22.2 Å². The largest absolute Gasteiger partial charge is 0.437 e. The number of pyridine rings is 1. The van der Waals surface area contributed by atoms with Crippen LogP contribution in [-0.4, -0.2) is 22.7 Å². The van der Waals surface area contributed by atoms with Gasteiger partial charge >= 0.3 is 18.1 Å². The van der Waals surface area contributed by atoms with Crippen molar-refractivity contribution in [3.63, 3.8) is 0 Å². The third-order valence-corrected chi connectivity index (χ3v) is 3.95. The van der Waals surface area contributed by atoms with E-state index in [0.29, 0.717) is 18.0 Å². The predicted molar refractivity (Wildman–Crippen MR) is 98.7 cm³/mol. The Morgan fingerprint density at radius 1 is 1.17 bits per heavy atom. The molecule has 1 N–H and O–H groups in total. The maximum absolute atomic E-state index is 12.7. The Morgan fingerprint density at radius 2 is 1.83 bits per heavy atom. The average molecular weight is 443 g/mol. The number of halogens is 4. The highest BCUT2D eigenvalue weighted by atomic mass is 35.5. The van der Waals surface area contributed by atoms with E-state index in [1.54, 1.807) is 12.1 Å². The topological polar surface area (TPSA) is 86.8 Å². The van der Waals surface area contributed by atoms with Crippen LogP contribution in [0.1, 0.15) is 19.4 Å². The normalized spacial score (nSPS) is 15.9. The summed E-state index contributed by atoms with van der Waals surface area (Å²) in [5.41, 5.74) is -0.946. The van der Waals surface area contributed by atoms with Crippen LogP contribution in [-0.2, 0) is 25.2 Å². The van der Waals surface area contributed by atoms with Crippen molar-refractivity contribution in [2.45, 2.75) is 25.8 Å². The van der Waals surface area contributed by atoms with E-state index in [2.05, 4.69) is 10.3 Å². The van der Waals surface area contributed by atoms with Crippen molar-refractivity contribution >= 4 is 29.2 Å². The van der Waals surface area contributed by atoms with Crippen LogP contribution in [0.2, 0.25) is 5.02 Å². The quantitative estimate of drug-likeness (QED) is 0.418. The number of rotatable bonds is 4. The van der Waals surface area contributed by atoms with Gasteiger partial charge in [-0.25, -0.2) is 14.6 Å². The maximum atomic E-state index is 12.7. The van der Waals surface area contributed by atoms with Gasteiger partial charge in [0, 0.05) is 38.0 Å². The van der Waals surface area contributed by atoms with Crippen molar-refractivity contribution in [1.82, 2.24) is 4.98 Å². The minimum atomic E-state index is -4.58. The first-order valence-electron chi connectivity index (χ1n) is 8.39. The standard InChI is InChI=1S/C19H14ClF3N2O5/c1-18(2)29-16(26)13(17(27)30-18)9-24-11-4-3-5-12(7-11)28-15-14(20)6-10(8-25-15)19(21,22)23/h3-9,24H,1-2H3. The van der Waals surface area contributed by atoms with E-state index in [0.717, 1.165) is 6.20 Å². The van der Waals surface area contributed by atoms with Gasteiger partial charge in [-0.2, -0.15) is 13.2 Å². The first kappa shape index (κ1) is 21.4. The van der Waals surface area contributed by atoms with Gasteiger partial charge in [0.05, 0.1) is 5.56 Å². The molecule has 1 aliphatic heterocycles. The molecule has 0 unspecified atom stereocenters. The minimum absolute atomic E-state index is 0.197. The fraction of sp³-hybridized carbons (Fsp3) is 0.211. The number of hydrogen-bond acceptors (Lipinski definition) is 7. The molecule has 0 bridgehead atoms. The number of esters is 2. The average Bonchev–Trinajstić information content (AvgIpc) is 2.61. The van der Waals surface area contributed by atoms with Crippen LogP contribution in [0.4, 0.5) is 18.9 Å². The van der Waals surface area contributed by atoms with E-state index in [4.69, 9.17) is 25.8 Å². The summed E-state index contributed by atoms with van der Waals surface area (Å²) < 4.78 is 53.5. The molecule has 2 aromatic rings. The SMILES string of the molecule is CC1(C)OC(=O)C(=CNc2cccc(Oc3ncc(C(F)(F)F)cc3Cl)c2)C(=O)O1. The summed E-state index contributed by atoms with van der Waals surface area (Å²) in [6.45, 7) is 2.85. The lowest BCUT2D eigenvalue weighted by Gasteiger charge is -2.29. The molecule has 0 radical (unpaired) electrons. The number of anilines is 1. The molecule has 1 saturated heterocycles. The van der Waals surface area contributed by atoms with E-state index < -0.39 is 29.5 Å². The van der Waals surface area contributed by atoms with Crippen molar-refractivity contribution in [3.05, 3.63) is 58.9 Å². The Labute approximate surface area is 173 Å². The van der Waals surface area contributed by atoms with Crippen LogP contribution in [0, 0.1) is 0 Å². The fourth-order valence-electron chi connectivity index (χ4n) is 2.35. The Kier molecular flexibility index (Phi) is 5.62. The molecular weight excluding hydrogens is 429 g/mol. The van der Waals surface area contributed by atoms with Gasteiger partial charge in [-0.3, -0.25) is 0 Å². The van der Waals surface area contributed by atoms with Crippen LogP contribution in [0.15, 0.2) is 48.3 Å². The molecule has 1 aromatic heterocycles. The lowest BCUT2D eigenvalue weighted by atomic mass is 10.2. The zero-order valence-corrected chi connectivity index (χ0v) is 16.3. The first-order valence-corrected chi connectivity index (χ1v) is 8.76. The smallest absolute Gasteiger partial charge is 0.417 e. The molecule has 158 valence electrons. The number of nitrogens with one attached hydrogen (secondary N) is 1. The summed E-state index contributed by atoms with van der Waals surface area (Å²) in [5.74, 6) is -3.08. The highest BCUT2D eigenvalue weighted by Gasteiger charge is 2.39. The zero-order chi connectivity index (χ0) is 22.1. The molecule has 30 heavy (non-hydrogen) atoms. The highest BCUT2D eigenvalue weighted by molar-refractivity contribution is 6.31. The van der Waals surface area contributed by atoms with Crippen molar-refractivity contribution in [2.24, 2.45) is 0 Å². The van der Waals surface area contributed by atoms with Crippen LogP contribution in [0.3, 0.4) is 0 Å². The molecule has 11 heteroatoms. The molecule has 1 aliphatic rings. The summed E-state index contributed by atoms with van der Waals surface area (Å²) in [6, 6.07) is 6.83. The number of carbonyl (C=O) groups excluding carboxylic acids is 2. The summed E-state index contributed by atoms with van der Waals surface area (Å²) in [5, 5.41) is 2.41. The van der Waals surface area contributed by atoms with Gasteiger partial charge in [0.25, 0.3) is 5.79 Å². The summed E-state index contributed by atoms with van der Waals surface area (Å²) in [4.78, 5) is 27.4. The first-order chi connectivity index (χ1) is 13.9. The molecule has 1 aromatic carbocycles. The number of ether oxygens (including phenoxy) is 3. The van der Waals surface area contributed by atoms with Gasteiger partial charge in [-0.05, 0) is 18.2 Å². The lowest BCUT2D eigenvalue weighted by molar-refractivity contribution is -0.222. The molecular formula is C19H14ClF3N2O5. The number of hydrogen-bond donors (Lipinski definition) is 1. The molecule has 0 spiro atoms.